The van der Waals surface area contributed by atoms with Crippen molar-refractivity contribution in [1.82, 2.24) is 25.0 Å². The van der Waals surface area contributed by atoms with Gasteiger partial charge in [-0.05, 0) is 109 Å². The van der Waals surface area contributed by atoms with Crippen LogP contribution in [0, 0.1) is 11.3 Å². The topological polar surface area (TPSA) is 121 Å². The highest BCUT2D eigenvalue weighted by molar-refractivity contribution is 7.97. The number of anilines is 2. The summed E-state index contributed by atoms with van der Waals surface area (Å²) in [7, 11) is 3.30. The number of hydrogen-bond donors (Lipinski definition) is 3. The summed E-state index contributed by atoms with van der Waals surface area (Å²) in [4.78, 5) is 36.5. The van der Waals surface area contributed by atoms with E-state index in [9.17, 15) is 22.8 Å². The van der Waals surface area contributed by atoms with E-state index in [1.807, 2.05) is 37.8 Å². The largest absolute Gasteiger partial charge is 0.444 e. The predicted octanol–water partition coefficient (Wildman–Crippen LogP) is 6.09. The molecular weight excluding hydrogens is 729 g/mol. The molecule has 2 amide bonds. The number of hydrogen-bond acceptors (Lipinski definition) is 10. The van der Waals surface area contributed by atoms with Crippen molar-refractivity contribution >= 4 is 62.9 Å². The van der Waals surface area contributed by atoms with Crippen LogP contribution in [0.3, 0.4) is 0 Å². The molecule has 11 nitrogen and oxygen atoms in total. The molecule has 2 aliphatic heterocycles. The van der Waals surface area contributed by atoms with E-state index in [-0.39, 0.29) is 48.2 Å². The van der Waals surface area contributed by atoms with Gasteiger partial charge in [-0.1, -0.05) is 22.9 Å². The Morgan fingerprint density at radius 2 is 1.87 bits per heavy atom. The Kier molecular flexibility index (Phi) is 12.3. The van der Waals surface area contributed by atoms with Gasteiger partial charge in [0.15, 0.2) is 0 Å². The summed E-state index contributed by atoms with van der Waals surface area (Å²) in [6.45, 7) is 11.3. The van der Waals surface area contributed by atoms with Crippen LogP contribution in [-0.2, 0) is 9.47 Å². The number of carbonyl (C=O) groups is 2. The van der Waals surface area contributed by atoms with Crippen molar-refractivity contribution in [2.45, 2.75) is 107 Å². The molecule has 1 saturated carbocycles. The minimum Gasteiger partial charge on any atom is -0.444 e. The zero-order chi connectivity index (χ0) is 38.8. The van der Waals surface area contributed by atoms with Gasteiger partial charge in [0.05, 0.1) is 11.0 Å². The first-order valence-electron chi connectivity index (χ1n) is 18.0. The van der Waals surface area contributed by atoms with E-state index in [0.29, 0.717) is 35.7 Å². The van der Waals surface area contributed by atoms with Crippen LogP contribution in [0.5, 0.6) is 0 Å². The summed E-state index contributed by atoms with van der Waals surface area (Å²) in [5.74, 6) is 1.03. The molecule has 1 saturated heterocycles. The lowest BCUT2D eigenvalue weighted by Gasteiger charge is -2.36. The zero-order valence-corrected chi connectivity index (χ0v) is 33.0. The van der Waals surface area contributed by atoms with Crippen LogP contribution in [0.25, 0.3) is 0 Å². The molecule has 1 aliphatic carbocycles. The van der Waals surface area contributed by atoms with Gasteiger partial charge in [0.1, 0.15) is 49.3 Å². The van der Waals surface area contributed by atoms with Gasteiger partial charge in [-0.2, -0.15) is 18.6 Å². The summed E-state index contributed by atoms with van der Waals surface area (Å²) in [6.07, 6.45) is 1.71. The maximum absolute atomic E-state index is 13.6. The van der Waals surface area contributed by atoms with Gasteiger partial charge in [-0.3, -0.25) is 14.5 Å². The molecule has 0 bridgehead atoms. The standard InChI is InChI=1S/C35H49B2ClF3N7O4S/c1-31(2,3)52-30(50)47-21-22(20-32(47,4)5)8-7-17-42-24-9-6-10-27(43-24)53-46-29(49)23-11-12-25(44-28(23)38)48-18-13-26(45-48)51-19-16-34(36,37)33(14-15-33)35(39,40)41/h6,9-13,18,22,26,45H,7-8,14-17,19-21,36-37H2,1-5H3,(H,42,43)(H,46,49). The lowest BCUT2D eigenvalue weighted by atomic mass is 9.45. The SMILES string of the molecule is BC(B)(CCOC1C=CN(c2ccc(C(=O)NSc3cccc(NCCCC4CN(C(=O)OC(C)(C)C)C(C)(C)C4)n3)c(Cl)n2)N1)C1(C(F)(F)F)CC1. The van der Waals surface area contributed by atoms with Crippen LogP contribution >= 0.6 is 23.5 Å². The molecule has 18 heteroatoms. The fourth-order valence-corrected chi connectivity index (χ4v) is 7.88. The number of nitrogens with zero attached hydrogens (tertiary/aromatic N) is 4. The van der Waals surface area contributed by atoms with Crippen LogP contribution < -0.4 is 20.5 Å². The van der Waals surface area contributed by atoms with Crippen molar-refractivity contribution in [3.8, 4) is 0 Å². The first-order valence-corrected chi connectivity index (χ1v) is 19.2. The Bertz CT molecular complexity index is 1680. The lowest BCUT2D eigenvalue weighted by molar-refractivity contribution is -0.193. The second-order valence-electron chi connectivity index (χ2n) is 16.3. The first-order chi connectivity index (χ1) is 24.7. The van der Waals surface area contributed by atoms with E-state index in [1.165, 1.54) is 0 Å². The van der Waals surface area contributed by atoms with Crippen molar-refractivity contribution in [1.29, 1.82) is 0 Å². The van der Waals surface area contributed by atoms with Gasteiger partial charge in [0, 0.05) is 43.4 Å². The van der Waals surface area contributed by atoms with Crippen LogP contribution in [0.15, 0.2) is 47.6 Å². The third kappa shape index (κ3) is 10.1. The second kappa shape index (κ2) is 15.9. The molecule has 2 atom stereocenters. The van der Waals surface area contributed by atoms with Crippen LogP contribution in [0.4, 0.5) is 29.6 Å². The number of amides is 2. The van der Waals surface area contributed by atoms with Gasteiger partial charge in [-0.15, -0.1) is 0 Å². The molecule has 4 heterocycles. The number of hydrazine groups is 1. The van der Waals surface area contributed by atoms with Crippen LogP contribution in [0.1, 0.15) is 83.5 Å². The minimum absolute atomic E-state index is 0.00737. The number of aromatic nitrogens is 2. The van der Waals surface area contributed by atoms with Gasteiger partial charge < -0.3 is 19.7 Å². The molecule has 2 unspecified atom stereocenters. The zero-order valence-electron chi connectivity index (χ0n) is 31.4. The maximum atomic E-state index is 13.6. The smallest absolute Gasteiger partial charge is 0.410 e. The molecule has 0 spiro atoms. The van der Waals surface area contributed by atoms with E-state index in [2.05, 4.69) is 39.3 Å². The monoisotopic (exact) mass is 777 g/mol. The number of likely N-dealkylation sites (tertiary alicyclic amines) is 1. The van der Waals surface area contributed by atoms with Crippen molar-refractivity contribution in [2.75, 3.05) is 30.0 Å². The Labute approximate surface area is 320 Å². The number of halogens is 4. The number of rotatable bonds is 14. The number of carbonyl (C=O) groups excluding carboxylic acids is 2. The van der Waals surface area contributed by atoms with Gasteiger partial charge in [-0.25, -0.2) is 14.8 Å². The molecular formula is C35H49B2ClF3N7O4S. The molecule has 288 valence electrons. The highest BCUT2D eigenvalue weighted by Gasteiger charge is 2.69. The summed E-state index contributed by atoms with van der Waals surface area (Å²) in [5.41, 5.74) is 0.825. The Morgan fingerprint density at radius 3 is 2.53 bits per heavy atom. The van der Waals surface area contributed by atoms with E-state index < -0.39 is 34.5 Å². The Balaban J connectivity index is 1.03. The molecule has 0 aromatic carbocycles. The van der Waals surface area contributed by atoms with E-state index in [0.717, 1.165) is 31.2 Å². The maximum Gasteiger partial charge on any atom is 0.410 e. The van der Waals surface area contributed by atoms with Crippen LogP contribution in [0.2, 0.25) is 10.4 Å². The molecule has 2 aromatic rings. The third-order valence-corrected chi connectivity index (χ3v) is 11.3. The Hall–Kier alpha value is -3.14. The Morgan fingerprint density at radius 1 is 1.13 bits per heavy atom. The molecule has 2 fully saturated rings. The number of nitrogens with one attached hydrogen (secondary N) is 3. The van der Waals surface area contributed by atoms with Gasteiger partial charge >= 0.3 is 12.3 Å². The average Bonchev–Trinajstić information content (AvgIpc) is 3.69. The summed E-state index contributed by atoms with van der Waals surface area (Å²) in [6, 6.07) is 8.69. The predicted molar refractivity (Wildman–Crippen MR) is 206 cm³/mol. The first kappa shape index (κ1) is 41.0. The normalized spacial score (nSPS) is 20.8. The van der Waals surface area contributed by atoms with Crippen molar-refractivity contribution in [3.05, 3.63) is 53.3 Å². The second-order valence-corrected chi connectivity index (χ2v) is 17.5. The van der Waals surface area contributed by atoms with E-state index in [1.54, 1.807) is 51.2 Å². The average molecular weight is 778 g/mol. The molecule has 3 N–H and O–H groups in total. The highest BCUT2D eigenvalue weighted by Crippen LogP contribution is 2.69. The molecule has 53 heavy (non-hydrogen) atoms. The number of ether oxygens (including phenoxy) is 2. The van der Waals surface area contributed by atoms with Crippen molar-refractivity contribution < 1.29 is 32.2 Å². The quantitative estimate of drug-likeness (QED) is 0.0900. The van der Waals surface area contributed by atoms with Crippen molar-refractivity contribution in [2.24, 2.45) is 11.3 Å². The van der Waals surface area contributed by atoms with Gasteiger partial charge in [0.25, 0.3) is 5.91 Å². The molecule has 2 aromatic heterocycles. The fourth-order valence-electron chi connectivity index (χ4n) is 7.05. The van der Waals surface area contributed by atoms with Gasteiger partial charge in [0.2, 0.25) is 0 Å². The molecule has 5 rings (SSSR count). The molecule has 0 radical (unpaired) electrons. The molecule has 3 aliphatic rings. The van der Waals surface area contributed by atoms with E-state index in [4.69, 9.17) is 21.1 Å². The minimum atomic E-state index is -4.23. The summed E-state index contributed by atoms with van der Waals surface area (Å²) in [5, 5.41) is 4.57. The summed E-state index contributed by atoms with van der Waals surface area (Å²) < 4.78 is 55.1. The highest BCUT2D eigenvalue weighted by atomic mass is 35.5. The number of alkyl halides is 3. The lowest BCUT2D eigenvalue weighted by Crippen LogP contribution is -2.45. The van der Waals surface area contributed by atoms with Crippen LogP contribution in [-0.4, -0.2) is 85.8 Å². The fraction of sp³-hybridized carbons (Fsp3) is 0.600. The van der Waals surface area contributed by atoms with Crippen molar-refractivity contribution in [3.63, 3.8) is 0 Å². The summed E-state index contributed by atoms with van der Waals surface area (Å²) >= 11 is 7.47. The van der Waals surface area contributed by atoms with E-state index >= 15 is 0 Å². The third-order valence-electron chi connectivity index (χ3n) is 10.3. The number of pyridine rings is 2.